The molecule has 0 atom stereocenters. The molecule has 29 heavy (non-hydrogen) atoms. The Hall–Kier alpha value is -2.66. The van der Waals surface area contributed by atoms with Crippen molar-refractivity contribution in [3.8, 4) is 0 Å². The van der Waals surface area contributed by atoms with E-state index in [0.717, 1.165) is 46.0 Å². The van der Waals surface area contributed by atoms with Crippen LogP contribution in [0.3, 0.4) is 0 Å². The predicted octanol–water partition coefficient (Wildman–Crippen LogP) is 0.612. The molecule has 4 rings (SSSR count). The molecule has 3 aromatic heterocycles. The van der Waals surface area contributed by atoms with Gasteiger partial charge in [0.2, 0.25) is 5.91 Å². The highest BCUT2D eigenvalue weighted by molar-refractivity contribution is 7.99. The minimum absolute atomic E-state index is 0.0136. The maximum absolute atomic E-state index is 12.8. The molecule has 3 heterocycles. The predicted molar refractivity (Wildman–Crippen MR) is 113 cm³/mol. The second-order valence-corrected chi connectivity index (χ2v) is 8.93. The molecule has 0 saturated carbocycles. The number of aromatic nitrogens is 4. The normalized spacial score (nSPS) is 13.1. The molecule has 1 aliphatic rings. The minimum Gasteiger partial charge on any atom is -0.311 e. The Morgan fingerprint density at radius 1 is 1.17 bits per heavy atom. The molecule has 152 valence electrons. The van der Waals surface area contributed by atoms with Crippen LogP contribution in [0.15, 0.2) is 25.6 Å². The maximum atomic E-state index is 12.8. The molecule has 1 N–H and O–H groups in total. The van der Waals surface area contributed by atoms with Crippen molar-refractivity contribution < 1.29 is 4.79 Å². The fourth-order valence-electron chi connectivity index (χ4n) is 3.40. The second-order valence-electron chi connectivity index (χ2n) is 6.90. The Bertz CT molecular complexity index is 1330. The van der Waals surface area contributed by atoms with E-state index in [1.54, 1.807) is 18.4 Å². The molecule has 0 spiro atoms. The Balaban J connectivity index is 1.55. The summed E-state index contributed by atoms with van der Waals surface area (Å²) in [5.41, 5.74) is 0.00209. The van der Waals surface area contributed by atoms with Crippen LogP contribution in [0.4, 0.5) is 5.82 Å². The van der Waals surface area contributed by atoms with Gasteiger partial charge in [-0.2, -0.15) is 0 Å². The van der Waals surface area contributed by atoms with Crippen molar-refractivity contribution in [2.45, 2.75) is 24.4 Å². The molecule has 0 radical (unpaired) electrons. The summed E-state index contributed by atoms with van der Waals surface area (Å²) in [5.74, 6) is -0.294. The Morgan fingerprint density at radius 2 is 1.93 bits per heavy atom. The number of carbonyl (C=O) groups excluding carboxylic acids is 1. The van der Waals surface area contributed by atoms with E-state index in [1.807, 2.05) is 0 Å². The third kappa shape index (κ3) is 3.33. The molecule has 0 aliphatic heterocycles. The molecule has 0 unspecified atom stereocenters. The first kappa shape index (κ1) is 19.6. The second kappa shape index (κ2) is 7.30. The number of amides is 1. The van der Waals surface area contributed by atoms with E-state index in [4.69, 9.17) is 0 Å². The lowest BCUT2D eigenvalue weighted by Gasteiger charge is -2.11. The zero-order valence-electron chi connectivity index (χ0n) is 16.1. The molecule has 1 amide bonds. The van der Waals surface area contributed by atoms with Crippen LogP contribution in [0.2, 0.25) is 0 Å². The van der Waals surface area contributed by atoms with Gasteiger partial charge in [-0.3, -0.25) is 28.1 Å². The van der Waals surface area contributed by atoms with Crippen LogP contribution in [0.5, 0.6) is 0 Å². The average Bonchev–Trinajstić information content (AvgIpc) is 3.26. The molecular weight excluding hydrogens is 414 g/mol. The van der Waals surface area contributed by atoms with Crippen molar-refractivity contribution >= 4 is 45.0 Å². The van der Waals surface area contributed by atoms with Crippen LogP contribution >= 0.6 is 23.1 Å². The summed E-state index contributed by atoms with van der Waals surface area (Å²) < 4.78 is 3.62. The van der Waals surface area contributed by atoms with Gasteiger partial charge in [-0.1, -0.05) is 11.8 Å². The van der Waals surface area contributed by atoms with E-state index in [0.29, 0.717) is 10.5 Å². The van der Waals surface area contributed by atoms with Crippen LogP contribution in [-0.4, -0.2) is 30.3 Å². The van der Waals surface area contributed by atoms with Gasteiger partial charge in [0, 0.05) is 32.1 Å². The smallest absolute Gasteiger partial charge is 0.311 e. The number of nitrogens with one attached hydrogen (secondary N) is 1. The first-order chi connectivity index (χ1) is 13.8. The summed E-state index contributed by atoms with van der Waals surface area (Å²) in [4.78, 5) is 55.4. The Kier molecular flexibility index (Phi) is 4.95. The number of thioether (sulfide) groups is 1. The molecule has 9 nitrogen and oxygen atoms in total. The summed E-state index contributed by atoms with van der Waals surface area (Å²) in [6.07, 6.45) is 2.97. The van der Waals surface area contributed by atoms with Gasteiger partial charge in [-0.15, -0.1) is 11.3 Å². The summed E-state index contributed by atoms with van der Waals surface area (Å²) >= 11 is 2.69. The largest absolute Gasteiger partial charge is 0.332 e. The van der Waals surface area contributed by atoms with Gasteiger partial charge in [-0.05, 0) is 24.8 Å². The van der Waals surface area contributed by atoms with Crippen LogP contribution in [-0.2, 0) is 38.8 Å². The molecule has 0 aromatic carbocycles. The number of rotatable bonds is 4. The van der Waals surface area contributed by atoms with E-state index in [2.05, 4.69) is 10.3 Å². The monoisotopic (exact) mass is 433 g/mol. The number of anilines is 1. The maximum Gasteiger partial charge on any atom is 0.332 e. The molecule has 0 fully saturated rings. The van der Waals surface area contributed by atoms with Crippen LogP contribution in [0.1, 0.15) is 16.9 Å². The van der Waals surface area contributed by atoms with Gasteiger partial charge in [0.25, 0.3) is 11.1 Å². The molecule has 0 saturated heterocycles. The van der Waals surface area contributed by atoms with Crippen LogP contribution < -0.4 is 22.1 Å². The number of fused-ring (bicyclic) bond motifs is 3. The van der Waals surface area contributed by atoms with Gasteiger partial charge in [-0.25, -0.2) is 9.78 Å². The highest BCUT2D eigenvalue weighted by Gasteiger charge is 2.22. The van der Waals surface area contributed by atoms with Crippen molar-refractivity contribution in [1.29, 1.82) is 0 Å². The lowest BCUT2D eigenvalue weighted by molar-refractivity contribution is -0.113. The first-order valence-electron chi connectivity index (χ1n) is 8.99. The van der Waals surface area contributed by atoms with E-state index in [9.17, 15) is 19.2 Å². The number of nitrogens with zero attached hydrogens (tertiary/aromatic N) is 4. The zero-order valence-corrected chi connectivity index (χ0v) is 17.8. The van der Waals surface area contributed by atoms with Gasteiger partial charge in [0.1, 0.15) is 10.6 Å². The Labute approximate surface area is 173 Å². The first-order valence-corrected chi connectivity index (χ1v) is 10.8. The minimum atomic E-state index is -0.527. The van der Waals surface area contributed by atoms with Gasteiger partial charge in [0.05, 0.1) is 11.1 Å². The lowest BCUT2D eigenvalue weighted by Crippen LogP contribution is -2.38. The Morgan fingerprint density at radius 3 is 2.69 bits per heavy atom. The fraction of sp³-hybridized carbons (Fsp3) is 0.389. The number of aryl methyl sites for hydroxylation is 2. The number of carbonyl (C=O) groups is 1. The summed E-state index contributed by atoms with van der Waals surface area (Å²) in [5, 5.41) is 3.73. The van der Waals surface area contributed by atoms with E-state index in [1.165, 1.54) is 34.2 Å². The SMILES string of the molecule is Cn1c(SCC(=O)Nc2cc(=O)n(C)c(=O)n2C)nc2sc3c(c2c1=O)CCC3. The molecule has 1 aliphatic carbocycles. The summed E-state index contributed by atoms with van der Waals surface area (Å²) in [7, 11) is 4.49. The van der Waals surface area contributed by atoms with Gasteiger partial charge >= 0.3 is 5.69 Å². The quantitative estimate of drug-likeness (QED) is 0.477. The van der Waals surface area contributed by atoms with E-state index >= 15 is 0 Å². The van der Waals surface area contributed by atoms with E-state index in [-0.39, 0.29) is 17.1 Å². The van der Waals surface area contributed by atoms with Crippen molar-refractivity contribution in [2.24, 2.45) is 21.1 Å². The zero-order chi connectivity index (χ0) is 20.9. The standard InChI is InChI=1S/C18H19N5O4S2/c1-21-11(7-13(25)22(2)18(21)27)19-12(24)8-28-17-20-15-14(16(26)23(17)3)9-5-4-6-10(9)29-15/h7H,4-6,8H2,1-3H3,(H,19,24). The summed E-state index contributed by atoms with van der Waals surface area (Å²) in [6, 6.07) is 1.19. The summed E-state index contributed by atoms with van der Waals surface area (Å²) in [6.45, 7) is 0. The average molecular weight is 434 g/mol. The van der Waals surface area contributed by atoms with Crippen molar-refractivity contribution in [3.63, 3.8) is 0 Å². The van der Waals surface area contributed by atoms with Crippen molar-refractivity contribution in [2.75, 3.05) is 11.1 Å². The third-order valence-corrected chi connectivity index (χ3v) is 7.25. The highest BCUT2D eigenvalue weighted by Crippen LogP contribution is 2.35. The number of thiophene rings is 1. The van der Waals surface area contributed by atoms with Gasteiger partial charge in [0.15, 0.2) is 5.16 Å². The molecule has 11 heteroatoms. The molecular formula is C18H19N5O4S2. The highest BCUT2D eigenvalue weighted by atomic mass is 32.2. The van der Waals surface area contributed by atoms with E-state index < -0.39 is 17.2 Å². The topological polar surface area (TPSA) is 108 Å². The molecule has 3 aromatic rings. The lowest BCUT2D eigenvalue weighted by atomic mass is 10.2. The number of hydrogen-bond acceptors (Lipinski definition) is 7. The van der Waals surface area contributed by atoms with Crippen LogP contribution in [0, 0.1) is 0 Å². The van der Waals surface area contributed by atoms with Crippen LogP contribution in [0.25, 0.3) is 10.2 Å². The van der Waals surface area contributed by atoms with Gasteiger partial charge < -0.3 is 5.32 Å². The molecule has 0 bridgehead atoms. The van der Waals surface area contributed by atoms with Crippen molar-refractivity contribution in [3.05, 3.63) is 47.7 Å². The fourth-order valence-corrected chi connectivity index (χ4v) is 5.47. The van der Waals surface area contributed by atoms with Crippen molar-refractivity contribution in [1.82, 2.24) is 18.7 Å². The third-order valence-electron chi connectivity index (χ3n) is 5.03. The number of hydrogen-bond donors (Lipinski definition) is 1.